The molecule has 1 atom stereocenters. The third kappa shape index (κ3) is 3.10. The van der Waals surface area contributed by atoms with Crippen LogP contribution in [-0.2, 0) is 6.42 Å². The van der Waals surface area contributed by atoms with Crippen molar-refractivity contribution in [1.82, 2.24) is 5.43 Å². The van der Waals surface area contributed by atoms with Gasteiger partial charge in [0.2, 0.25) is 0 Å². The van der Waals surface area contributed by atoms with Gasteiger partial charge in [0.15, 0.2) is 0 Å². The largest absolute Gasteiger partial charge is 0.271 e. The van der Waals surface area contributed by atoms with Gasteiger partial charge in [0.1, 0.15) is 5.82 Å². The average Bonchev–Trinajstić information content (AvgIpc) is 2.76. The van der Waals surface area contributed by atoms with E-state index in [-0.39, 0.29) is 11.1 Å². The first-order valence-corrected chi connectivity index (χ1v) is 7.25. The van der Waals surface area contributed by atoms with Crippen molar-refractivity contribution in [3.05, 3.63) is 55.4 Å². The van der Waals surface area contributed by atoms with Crippen molar-refractivity contribution in [3.8, 4) is 0 Å². The topological polar surface area (TPSA) is 38.0 Å². The Morgan fingerprint density at radius 3 is 2.78 bits per heavy atom. The summed E-state index contributed by atoms with van der Waals surface area (Å²) in [6.45, 7) is 0. The molecule has 0 saturated carbocycles. The van der Waals surface area contributed by atoms with Crippen LogP contribution in [0.3, 0.4) is 0 Å². The summed E-state index contributed by atoms with van der Waals surface area (Å²) in [5.41, 5.74) is 3.35. The van der Waals surface area contributed by atoms with Crippen LogP contribution in [0.25, 0.3) is 0 Å². The highest BCUT2D eigenvalue weighted by atomic mass is 79.9. The Balaban J connectivity index is 2.25. The predicted octanol–water partition coefficient (Wildman–Crippen LogP) is 4.05. The highest BCUT2D eigenvalue weighted by Gasteiger charge is 2.17. The van der Waals surface area contributed by atoms with Gasteiger partial charge in [-0.2, -0.15) is 0 Å². The zero-order valence-electron chi connectivity index (χ0n) is 9.29. The molecule has 0 fully saturated rings. The number of nitrogens with two attached hydrogens (primary N) is 1. The SMILES string of the molecule is NNC(Cc1ccc(Br)s1)c1cccc(F)c1Cl. The van der Waals surface area contributed by atoms with Crippen LogP contribution in [0.4, 0.5) is 4.39 Å². The average molecular weight is 350 g/mol. The van der Waals surface area contributed by atoms with Gasteiger partial charge in [0, 0.05) is 11.3 Å². The molecule has 0 radical (unpaired) electrons. The molecule has 1 aromatic carbocycles. The molecule has 0 bridgehead atoms. The van der Waals surface area contributed by atoms with E-state index in [9.17, 15) is 4.39 Å². The van der Waals surface area contributed by atoms with E-state index < -0.39 is 5.82 Å². The first-order valence-electron chi connectivity index (χ1n) is 5.26. The minimum absolute atomic E-state index is 0.121. The molecule has 1 unspecified atom stereocenters. The molecule has 1 heterocycles. The Labute approximate surface area is 122 Å². The number of hydrazine groups is 1. The van der Waals surface area contributed by atoms with E-state index in [2.05, 4.69) is 21.4 Å². The first kappa shape index (κ1) is 14.0. The molecular weight excluding hydrogens is 339 g/mol. The lowest BCUT2D eigenvalue weighted by molar-refractivity contribution is 0.548. The van der Waals surface area contributed by atoms with Gasteiger partial charge in [-0.3, -0.25) is 11.3 Å². The lowest BCUT2D eigenvalue weighted by Gasteiger charge is -2.17. The van der Waals surface area contributed by atoms with Crippen LogP contribution >= 0.6 is 38.9 Å². The standard InChI is InChI=1S/C12H11BrClFN2S/c13-11-5-4-7(18-11)6-10(17-16)8-2-1-3-9(15)12(8)14/h1-5,10,17H,6,16H2. The van der Waals surface area contributed by atoms with Crippen LogP contribution in [0.1, 0.15) is 16.5 Å². The van der Waals surface area contributed by atoms with Gasteiger partial charge in [-0.25, -0.2) is 4.39 Å². The van der Waals surface area contributed by atoms with Gasteiger partial charge >= 0.3 is 0 Å². The molecule has 0 amide bonds. The van der Waals surface area contributed by atoms with Crippen molar-refractivity contribution >= 4 is 38.9 Å². The fraction of sp³-hybridized carbons (Fsp3) is 0.167. The molecule has 6 heteroatoms. The zero-order valence-corrected chi connectivity index (χ0v) is 12.4. The van der Waals surface area contributed by atoms with Gasteiger partial charge < -0.3 is 0 Å². The number of hydrogen-bond donors (Lipinski definition) is 2. The Hall–Kier alpha value is -0.460. The molecule has 2 rings (SSSR count). The van der Waals surface area contributed by atoms with Gasteiger partial charge in [-0.15, -0.1) is 11.3 Å². The summed E-state index contributed by atoms with van der Waals surface area (Å²) >= 11 is 11.0. The first-order chi connectivity index (χ1) is 8.61. The molecule has 0 saturated heterocycles. The Bertz CT molecular complexity index is 547. The summed E-state index contributed by atoms with van der Waals surface area (Å²) in [5, 5.41) is 0.121. The second-order valence-electron chi connectivity index (χ2n) is 3.77. The highest BCUT2D eigenvalue weighted by molar-refractivity contribution is 9.11. The number of hydrogen-bond acceptors (Lipinski definition) is 3. The number of rotatable bonds is 4. The number of nitrogens with one attached hydrogen (secondary N) is 1. The van der Waals surface area contributed by atoms with E-state index in [1.165, 1.54) is 6.07 Å². The maximum atomic E-state index is 13.4. The maximum Gasteiger partial charge on any atom is 0.142 e. The van der Waals surface area contributed by atoms with Crippen LogP contribution in [0.2, 0.25) is 5.02 Å². The van der Waals surface area contributed by atoms with Crippen LogP contribution in [0.15, 0.2) is 34.1 Å². The minimum atomic E-state index is -0.429. The molecule has 2 aromatic rings. The van der Waals surface area contributed by atoms with Crippen LogP contribution in [0, 0.1) is 5.82 Å². The molecule has 18 heavy (non-hydrogen) atoms. The van der Waals surface area contributed by atoms with E-state index in [1.807, 2.05) is 12.1 Å². The Kier molecular flexibility index (Phi) is 4.75. The fourth-order valence-electron chi connectivity index (χ4n) is 1.71. The normalized spacial score (nSPS) is 12.7. The van der Waals surface area contributed by atoms with Crippen molar-refractivity contribution in [2.45, 2.75) is 12.5 Å². The second-order valence-corrected chi connectivity index (χ2v) is 6.70. The van der Waals surface area contributed by atoms with E-state index in [1.54, 1.807) is 23.5 Å². The second kappa shape index (κ2) is 6.12. The lowest BCUT2D eigenvalue weighted by Crippen LogP contribution is -2.29. The summed E-state index contributed by atoms with van der Waals surface area (Å²) < 4.78 is 14.5. The molecule has 0 aliphatic carbocycles. The number of thiophene rings is 1. The maximum absolute atomic E-state index is 13.4. The van der Waals surface area contributed by atoms with E-state index >= 15 is 0 Å². The molecular formula is C12H11BrClFN2S. The molecule has 0 aliphatic heterocycles. The van der Waals surface area contributed by atoms with Crippen molar-refractivity contribution in [1.29, 1.82) is 0 Å². The van der Waals surface area contributed by atoms with Gasteiger partial charge in [-0.1, -0.05) is 23.7 Å². The molecule has 3 N–H and O–H groups in total. The van der Waals surface area contributed by atoms with E-state index in [0.29, 0.717) is 12.0 Å². The molecule has 1 aromatic heterocycles. The predicted molar refractivity (Wildman–Crippen MR) is 77.2 cm³/mol. The number of benzene rings is 1. The summed E-state index contributed by atoms with van der Waals surface area (Å²) in [7, 11) is 0. The smallest absolute Gasteiger partial charge is 0.142 e. The Morgan fingerprint density at radius 1 is 1.39 bits per heavy atom. The van der Waals surface area contributed by atoms with Crippen LogP contribution < -0.4 is 11.3 Å². The fourth-order valence-corrected chi connectivity index (χ4v) is 3.50. The summed E-state index contributed by atoms with van der Waals surface area (Å²) in [4.78, 5) is 1.14. The quantitative estimate of drug-likeness (QED) is 0.645. The minimum Gasteiger partial charge on any atom is -0.271 e. The zero-order chi connectivity index (χ0) is 13.1. The monoisotopic (exact) mass is 348 g/mol. The third-order valence-electron chi connectivity index (χ3n) is 2.59. The van der Waals surface area contributed by atoms with E-state index in [4.69, 9.17) is 17.4 Å². The lowest BCUT2D eigenvalue weighted by atomic mass is 10.0. The highest BCUT2D eigenvalue weighted by Crippen LogP contribution is 2.30. The Morgan fingerprint density at radius 2 is 2.17 bits per heavy atom. The molecule has 0 spiro atoms. The van der Waals surface area contributed by atoms with Crippen molar-refractivity contribution < 1.29 is 4.39 Å². The van der Waals surface area contributed by atoms with Gasteiger partial charge in [0.25, 0.3) is 0 Å². The molecule has 2 nitrogen and oxygen atoms in total. The van der Waals surface area contributed by atoms with Crippen molar-refractivity contribution in [2.24, 2.45) is 5.84 Å². The summed E-state index contributed by atoms with van der Waals surface area (Å²) in [6, 6.07) is 8.51. The summed E-state index contributed by atoms with van der Waals surface area (Å²) in [5.74, 6) is 5.11. The van der Waals surface area contributed by atoms with Gasteiger partial charge in [0.05, 0.1) is 14.9 Å². The molecule has 96 valence electrons. The van der Waals surface area contributed by atoms with Crippen molar-refractivity contribution in [3.63, 3.8) is 0 Å². The third-order valence-corrected chi connectivity index (χ3v) is 4.64. The van der Waals surface area contributed by atoms with Crippen molar-refractivity contribution in [2.75, 3.05) is 0 Å². The summed E-state index contributed by atoms with van der Waals surface area (Å²) in [6.07, 6.45) is 0.663. The van der Waals surface area contributed by atoms with Gasteiger partial charge in [-0.05, 0) is 39.7 Å². The van der Waals surface area contributed by atoms with E-state index in [0.717, 1.165) is 8.66 Å². The van der Waals surface area contributed by atoms with Crippen LogP contribution in [-0.4, -0.2) is 0 Å². The van der Waals surface area contributed by atoms with Crippen LogP contribution in [0.5, 0.6) is 0 Å². The number of halogens is 3. The molecule has 0 aliphatic rings.